The molecule has 2 N–H and O–H groups in total. The van der Waals surface area contributed by atoms with Crippen molar-refractivity contribution in [3.05, 3.63) is 0 Å². The molecule has 2 rings (SSSR count). The van der Waals surface area contributed by atoms with Gasteiger partial charge in [0.05, 0.1) is 0 Å². The smallest absolute Gasteiger partial charge is 0.317 e. The highest BCUT2D eigenvalue weighted by molar-refractivity contribution is 5.74. The van der Waals surface area contributed by atoms with Gasteiger partial charge in [0, 0.05) is 31.8 Å². The van der Waals surface area contributed by atoms with Crippen molar-refractivity contribution in [3.8, 4) is 0 Å². The van der Waals surface area contributed by atoms with Gasteiger partial charge in [-0.1, -0.05) is 6.92 Å². The number of rotatable bonds is 4. The number of nitrogens with zero attached hydrogens (tertiary/aromatic N) is 2. The summed E-state index contributed by atoms with van der Waals surface area (Å²) >= 11 is 0. The van der Waals surface area contributed by atoms with E-state index in [2.05, 4.69) is 31.2 Å². The third kappa shape index (κ3) is 4.13. The number of nitrogens with one attached hydrogen (secondary N) is 1. The summed E-state index contributed by atoms with van der Waals surface area (Å²) in [6.07, 6.45) is 7.40. The van der Waals surface area contributed by atoms with Gasteiger partial charge in [-0.05, 0) is 64.5 Å². The minimum Gasteiger partial charge on any atom is -0.396 e. The molecule has 2 aliphatic rings. The lowest BCUT2D eigenvalue weighted by molar-refractivity contribution is 0.0509. The molecule has 0 radical (unpaired) electrons. The predicted molar refractivity (Wildman–Crippen MR) is 88.9 cm³/mol. The molecule has 5 nitrogen and oxygen atoms in total. The Hall–Kier alpha value is -0.810. The SMILES string of the molecule is CCC1(CO)CCN(C(=O)NC2CCCC(N(C)C)C2)CC1. The first-order valence-electron chi connectivity index (χ1n) is 8.82. The topological polar surface area (TPSA) is 55.8 Å². The molecule has 0 spiro atoms. The Labute approximate surface area is 135 Å². The monoisotopic (exact) mass is 311 g/mol. The number of carbonyl (C=O) groups is 1. The molecule has 0 aromatic carbocycles. The molecule has 2 atom stereocenters. The van der Waals surface area contributed by atoms with Crippen molar-refractivity contribution in [2.75, 3.05) is 33.8 Å². The third-order valence-electron chi connectivity index (χ3n) is 5.90. The highest BCUT2D eigenvalue weighted by Gasteiger charge is 2.34. The summed E-state index contributed by atoms with van der Waals surface area (Å²) in [7, 11) is 4.25. The van der Waals surface area contributed by atoms with Crippen LogP contribution in [0.3, 0.4) is 0 Å². The number of aliphatic hydroxyl groups excluding tert-OH is 1. The van der Waals surface area contributed by atoms with Crippen LogP contribution in [0.15, 0.2) is 0 Å². The lowest BCUT2D eigenvalue weighted by atomic mass is 9.77. The molecule has 2 amide bonds. The predicted octanol–water partition coefficient (Wildman–Crippen LogP) is 2.05. The number of amides is 2. The Kier molecular flexibility index (Phi) is 6.09. The van der Waals surface area contributed by atoms with E-state index in [-0.39, 0.29) is 18.1 Å². The van der Waals surface area contributed by atoms with Crippen molar-refractivity contribution < 1.29 is 9.90 Å². The van der Waals surface area contributed by atoms with E-state index >= 15 is 0 Å². The summed E-state index contributed by atoms with van der Waals surface area (Å²) in [6.45, 7) is 3.91. The van der Waals surface area contributed by atoms with E-state index in [1.54, 1.807) is 0 Å². The Bertz CT molecular complexity index is 359. The van der Waals surface area contributed by atoms with Gasteiger partial charge in [0.15, 0.2) is 0 Å². The average molecular weight is 311 g/mol. The molecule has 1 aliphatic heterocycles. The van der Waals surface area contributed by atoms with Crippen LogP contribution in [-0.2, 0) is 0 Å². The molecule has 5 heteroatoms. The standard InChI is InChI=1S/C17H33N3O2/c1-4-17(13-21)8-10-20(11-9-17)16(22)18-14-6-5-7-15(12-14)19(2)3/h14-15,21H,4-13H2,1-3H3,(H,18,22). The number of urea groups is 1. The fourth-order valence-corrected chi connectivity index (χ4v) is 3.84. The molecule has 0 aromatic heterocycles. The zero-order chi connectivity index (χ0) is 16.2. The van der Waals surface area contributed by atoms with Gasteiger partial charge >= 0.3 is 6.03 Å². The molecule has 2 unspecified atom stereocenters. The maximum atomic E-state index is 12.5. The van der Waals surface area contributed by atoms with Gasteiger partial charge in [-0.25, -0.2) is 4.79 Å². The fourth-order valence-electron chi connectivity index (χ4n) is 3.84. The molecule has 22 heavy (non-hydrogen) atoms. The molecule has 2 fully saturated rings. The molecule has 0 bridgehead atoms. The Morgan fingerprint density at radius 2 is 2.00 bits per heavy atom. The van der Waals surface area contributed by atoms with Crippen LogP contribution in [-0.4, -0.2) is 66.8 Å². The lowest BCUT2D eigenvalue weighted by Crippen LogP contribution is -2.52. The maximum absolute atomic E-state index is 12.5. The number of piperidine rings is 1. The molecule has 1 saturated heterocycles. The summed E-state index contributed by atoms with van der Waals surface area (Å²) in [6, 6.07) is 0.985. The van der Waals surface area contributed by atoms with E-state index < -0.39 is 0 Å². The first-order chi connectivity index (χ1) is 10.5. The average Bonchev–Trinajstić information content (AvgIpc) is 2.55. The van der Waals surface area contributed by atoms with E-state index in [4.69, 9.17) is 0 Å². The van der Waals surface area contributed by atoms with Crippen molar-refractivity contribution >= 4 is 6.03 Å². The lowest BCUT2D eigenvalue weighted by Gasteiger charge is -2.41. The Morgan fingerprint density at radius 3 is 2.55 bits per heavy atom. The largest absolute Gasteiger partial charge is 0.396 e. The fraction of sp³-hybridized carbons (Fsp3) is 0.941. The molecular weight excluding hydrogens is 278 g/mol. The number of likely N-dealkylation sites (tertiary alicyclic amines) is 1. The number of aliphatic hydroxyl groups is 1. The van der Waals surface area contributed by atoms with E-state index in [0.29, 0.717) is 12.1 Å². The van der Waals surface area contributed by atoms with Gasteiger partial charge in [0.25, 0.3) is 0 Å². The van der Waals surface area contributed by atoms with Gasteiger partial charge in [-0.3, -0.25) is 0 Å². The van der Waals surface area contributed by atoms with Crippen LogP contribution >= 0.6 is 0 Å². The maximum Gasteiger partial charge on any atom is 0.317 e. The zero-order valence-corrected chi connectivity index (χ0v) is 14.5. The summed E-state index contributed by atoms with van der Waals surface area (Å²) in [5.41, 5.74) is 0.0393. The van der Waals surface area contributed by atoms with Gasteiger partial charge < -0.3 is 20.2 Å². The van der Waals surface area contributed by atoms with Gasteiger partial charge in [-0.15, -0.1) is 0 Å². The molecular formula is C17H33N3O2. The second-order valence-electron chi connectivity index (χ2n) is 7.43. The zero-order valence-electron chi connectivity index (χ0n) is 14.5. The normalized spacial score (nSPS) is 28.7. The van der Waals surface area contributed by atoms with Crippen molar-refractivity contribution in [1.29, 1.82) is 0 Å². The second-order valence-corrected chi connectivity index (χ2v) is 7.43. The van der Waals surface area contributed by atoms with Crippen LogP contribution in [0.5, 0.6) is 0 Å². The Morgan fingerprint density at radius 1 is 1.32 bits per heavy atom. The number of hydrogen-bond acceptors (Lipinski definition) is 3. The van der Waals surface area contributed by atoms with Crippen molar-refractivity contribution in [2.45, 2.75) is 64.0 Å². The summed E-state index contributed by atoms with van der Waals surface area (Å²) in [5.74, 6) is 0. The molecule has 0 aromatic rings. The van der Waals surface area contributed by atoms with Crippen molar-refractivity contribution in [2.24, 2.45) is 5.41 Å². The van der Waals surface area contributed by atoms with Gasteiger partial charge in [0.1, 0.15) is 0 Å². The Balaban J connectivity index is 1.81. The van der Waals surface area contributed by atoms with E-state index in [9.17, 15) is 9.90 Å². The van der Waals surface area contributed by atoms with Crippen molar-refractivity contribution in [1.82, 2.24) is 15.1 Å². The summed E-state index contributed by atoms with van der Waals surface area (Å²) < 4.78 is 0. The third-order valence-corrected chi connectivity index (χ3v) is 5.90. The quantitative estimate of drug-likeness (QED) is 0.835. The van der Waals surface area contributed by atoms with E-state index in [1.807, 2.05) is 4.90 Å². The van der Waals surface area contributed by atoms with Crippen LogP contribution in [0.2, 0.25) is 0 Å². The van der Waals surface area contributed by atoms with Crippen LogP contribution in [0.25, 0.3) is 0 Å². The minimum absolute atomic E-state index is 0.0393. The van der Waals surface area contributed by atoms with Gasteiger partial charge in [-0.2, -0.15) is 0 Å². The second kappa shape index (κ2) is 7.64. The highest BCUT2D eigenvalue weighted by Crippen LogP contribution is 2.34. The summed E-state index contributed by atoms with van der Waals surface area (Å²) in [4.78, 5) is 16.7. The summed E-state index contributed by atoms with van der Waals surface area (Å²) in [5, 5.41) is 12.8. The van der Waals surface area contributed by atoms with Crippen LogP contribution in [0.1, 0.15) is 51.9 Å². The van der Waals surface area contributed by atoms with E-state index in [0.717, 1.165) is 45.2 Å². The van der Waals surface area contributed by atoms with Gasteiger partial charge in [0.2, 0.25) is 0 Å². The molecule has 1 heterocycles. The van der Waals surface area contributed by atoms with Crippen LogP contribution in [0.4, 0.5) is 4.79 Å². The highest BCUT2D eigenvalue weighted by atomic mass is 16.3. The molecule has 1 aliphatic carbocycles. The minimum atomic E-state index is 0.0393. The first-order valence-corrected chi connectivity index (χ1v) is 8.82. The van der Waals surface area contributed by atoms with Crippen LogP contribution in [0, 0.1) is 5.41 Å². The number of carbonyl (C=O) groups excluding carboxylic acids is 1. The molecule has 1 saturated carbocycles. The molecule has 128 valence electrons. The van der Waals surface area contributed by atoms with E-state index in [1.165, 1.54) is 12.8 Å². The first kappa shape index (κ1) is 17.5. The van der Waals surface area contributed by atoms with Crippen LogP contribution < -0.4 is 5.32 Å². The number of hydrogen-bond donors (Lipinski definition) is 2. The van der Waals surface area contributed by atoms with Crippen molar-refractivity contribution in [3.63, 3.8) is 0 Å².